The number of methoxy groups -OCH3 is 1. The van der Waals surface area contributed by atoms with Gasteiger partial charge in [0.2, 0.25) is 0 Å². The zero-order chi connectivity index (χ0) is 18.1. The van der Waals surface area contributed by atoms with Crippen molar-refractivity contribution in [3.8, 4) is 28.0 Å². The van der Waals surface area contributed by atoms with E-state index in [2.05, 4.69) is 21.0 Å². The van der Waals surface area contributed by atoms with E-state index < -0.39 is 0 Å². The van der Waals surface area contributed by atoms with Crippen LogP contribution in [0.1, 0.15) is 17.3 Å². The molecule has 1 N–H and O–H groups in total. The third kappa shape index (κ3) is 2.73. The second-order valence-corrected chi connectivity index (χ2v) is 6.04. The van der Waals surface area contributed by atoms with E-state index in [1.807, 2.05) is 36.5 Å². The Morgan fingerprint density at radius 1 is 1.04 bits per heavy atom. The number of hydrogen-bond donors (Lipinski definition) is 1. The number of nitrogens with zero attached hydrogens (tertiary/aromatic N) is 2. The highest BCUT2D eigenvalue weighted by Gasteiger charge is 2.13. The molecule has 4 aromatic rings. The molecule has 0 aliphatic carbocycles. The fourth-order valence-corrected chi connectivity index (χ4v) is 3.04. The first-order chi connectivity index (χ1) is 12.7. The highest BCUT2D eigenvalue weighted by Crippen LogP contribution is 2.35. The molecule has 0 aliphatic heterocycles. The van der Waals surface area contributed by atoms with Crippen LogP contribution in [0.5, 0.6) is 5.75 Å². The summed E-state index contributed by atoms with van der Waals surface area (Å²) in [6.45, 7) is 1.54. The van der Waals surface area contributed by atoms with Gasteiger partial charge in [-0.3, -0.25) is 9.78 Å². The first-order valence-electron chi connectivity index (χ1n) is 8.24. The standard InChI is InChI=1S/C21H17N3O2/c1-13(25)14-7-15(10-22-9-14)16-8-18-19(12-24-21(18)23-11-16)17-5-3-4-6-20(17)26-2/h3-12H,1-2H3,(H,23,24). The van der Waals surface area contributed by atoms with E-state index >= 15 is 0 Å². The molecule has 5 nitrogen and oxygen atoms in total. The average molecular weight is 343 g/mol. The maximum Gasteiger partial charge on any atom is 0.161 e. The summed E-state index contributed by atoms with van der Waals surface area (Å²) in [6.07, 6.45) is 7.04. The Balaban J connectivity index is 1.88. The highest BCUT2D eigenvalue weighted by atomic mass is 16.5. The Hall–Kier alpha value is -3.47. The fraction of sp³-hybridized carbons (Fsp3) is 0.0952. The van der Waals surface area contributed by atoms with Crippen molar-refractivity contribution in [1.29, 1.82) is 0 Å². The number of rotatable bonds is 4. The Labute approximate surface area is 150 Å². The van der Waals surface area contributed by atoms with Gasteiger partial charge in [0.15, 0.2) is 5.78 Å². The molecule has 3 aromatic heterocycles. The average Bonchev–Trinajstić information content (AvgIpc) is 3.11. The first-order valence-corrected chi connectivity index (χ1v) is 8.24. The lowest BCUT2D eigenvalue weighted by molar-refractivity contribution is 0.101. The van der Waals surface area contributed by atoms with Crippen molar-refractivity contribution in [2.24, 2.45) is 0 Å². The number of nitrogens with one attached hydrogen (secondary N) is 1. The van der Waals surface area contributed by atoms with Gasteiger partial charge in [0.25, 0.3) is 0 Å². The second-order valence-electron chi connectivity index (χ2n) is 6.04. The van der Waals surface area contributed by atoms with Crippen LogP contribution in [0.2, 0.25) is 0 Å². The first kappa shape index (κ1) is 16.0. The number of para-hydroxylation sites is 1. The molecule has 26 heavy (non-hydrogen) atoms. The number of Topliss-reactive ketones (excluding diaryl/α,β-unsaturated/α-hetero) is 1. The topological polar surface area (TPSA) is 67.9 Å². The monoisotopic (exact) mass is 343 g/mol. The quantitative estimate of drug-likeness (QED) is 0.554. The van der Waals surface area contributed by atoms with Crippen LogP contribution in [0.25, 0.3) is 33.3 Å². The second kappa shape index (κ2) is 6.44. The molecule has 4 rings (SSSR count). The van der Waals surface area contributed by atoms with Crippen molar-refractivity contribution < 1.29 is 9.53 Å². The molecular formula is C21H17N3O2. The summed E-state index contributed by atoms with van der Waals surface area (Å²) in [7, 11) is 1.66. The van der Waals surface area contributed by atoms with Gasteiger partial charge in [-0.25, -0.2) is 4.98 Å². The SMILES string of the molecule is COc1ccccc1-c1c[nH]c2ncc(-c3cncc(C(C)=O)c3)cc12. The van der Waals surface area contributed by atoms with E-state index in [9.17, 15) is 4.79 Å². The van der Waals surface area contributed by atoms with Gasteiger partial charge in [0.05, 0.1) is 7.11 Å². The number of carbonyl (C=O) groups is 1. The number of H-pyrrole nitrogens is 1. The van der Waals surface area contributed by atoms with Crippen LogP contribution in [0.15, 0.2) is 61.2 Å². The molecule has 1 aromatic carbocycles. The van der Waals surface area contributed by atoms with Gasteiger partial charge >= 0.3 is 0 Å². The summed E-state index contributed by atoms with van der Waals surface area (Å²) >= 11 is 0. The molecule has 0 spiro atoms. The molecule has 3 heterocycles. The molecule has 0 unspecified atom stereocenters. The number of aromatic nitrogens is 3. The number of benzene rings is 1. The van der Waals surface area contributed by atoms with Crippen molar-refractivity contribution in [2.45, 2.75) is 6.92 Å². The molecule has 0 saturated heterocycles. The summed E-state index contributed by atoms with van der Waals surface area (Å²) in [5.74, 6) is 0.795. The van der Waals surface area contributed by atoms with Crippen LogP contribution in [0, 0.1) is 0 Å². The minimum atomic E-state index is -0.00950. The molecule has 128 valence electrons. The zero-order valence-electron chi connectivity index (χ0n) is 14.5. The maximum absolute atomic E-state index is 11.6. The van der Waals surface area contributed by atoms with Crippen molar-refractivity contribution in [2.75, 3.05) is 7.11 Å². The van der Waals surface area contributed by atoms with Crippen molar-refractivity contribution in [3.63, 3.8) is 0 Å². The number of ether oxygens (including phenoxy) is 1. The Bertz CT molecular complexity index is 1120. The van der Waals surface area contributed by atoms with Crippen molar-refractivity contribution in [1.82, 2.24) is 15.0 Å². The third-order valence-electron chi connectivity index (χ3n) is 4.41. The Morgan fingerprint density at radius 2 is 1.85 bits per heavy atom. The van der Waals surface area contributed by atoms with Crippen LogP contribution >= 0.6 is 0 Å². The van der Waals surface area contributed by atoms with Crippen molar-refractivity contribution >= 4 is 16.8 Å². The summed E-state index contributed by atoms with van der Waals surface area (Å²) in [5.41, 5.74) is 5.16. The molecule has 0 amide bonds. The van der Waals surface area contributed by atoms with Gasteiger partial charge in [-0.05, 0) is 25.1 Å². The Morgan fingerprint density at radius 3 is 2.65 bits per heavy atom. The lowest BCUT2D eigenvalue weighted by atomic mass is 10.0. The molecule has 0 bridgehead atoms. The maximum atomic E-state index is 11.6. The smallest absolute Gasteiger partial charge is 0.161 e. The number of carbonyl (C=O) groups excluding carboxylic acids is 1. The number of ketones is 1. The molecule has 0 radical (unpaired) electrons. The van der Waals surface area contributed by atoms with Gasteiger partial charge in [0, 0.05) is 58.0 Å². The minimum Gasteiger partial charge on any atom is -0.496 e. The molecule has 0 aliphatic rings. The van der Waals surface area contributed by atoms with E-state index in [0.717, 1.165) is 39.0 Å². The lowest BCUT2D eigenvalue weighted by Gasteiger charge is -2.08. The van der Waals surface area contributed by atoms with Crippen LogP contribution in [0.3, 0.4) is 0 Å². The van der Waals surface area contributed by atoms with Crippen LogP contribution < -0.4 is 4.74 Å². The van der Waals surface area contributed by atoms with Gasteiger partial charge in [0.1, 0.15) is 11.4 Å². The molecule has 0 saturated carbocycles. The van der Waals surface area contributed by atoms with Crippen LogP contribution in [0.4, 0.5) is 0 Å². The van der Waals surface area contributed by atoms with Gasteiger partial charge < -0.3 is 9.72 Å². The molecule has 5 heteroatoms. The van der Waals surface area contributed by atoms with Gasteiger partial charge in [-0.2, -0.15) is 0 Å². The highest BCUT2D eigenvalue weighted by molar-refractivity contribution is 5.98. The number of aromatic amines is 1. The number of pyridine rings is 2. The minimum absolute atomic E-state index is 0.00950. The van der Waals surface area contributed by atoms with Crippen molar-refractivity contribution in [3.05, 3.63) is 66.7 Å². The predicted molar refractivity (Wildman–Crippen MR) is 101 cm³/mol. The van der Waals surface area contributed by atoms with E-state index in [1.165, 1.54) is 6.92 Å². The van der Waals surface area contributed by atoms with E-state index in [-0.39, 0.29) is 5.78 Å². The molecular weight excluding hydrogens is 326 g/mol. The summed E-state index contributed by atoms with van der Waals surface area (Å²) < 4.78 is 5.49. The Kier molecular flexibility index (Phi) is 3.97. The van der Waals surface area contributed by atoms with Gasteiger partial charge in [-0.15, -0.1) is 0 Å². The zero-order valence-corrected chi connectivity index (χ0v) is 14.5. The van der Waals surface area contributed by atoms with Gasteiger partial charge in [-0.1, -0.05) is 18.2 Å². The van der Waals surface area contributed by atoms with E-state index in [4.69, 9.17) is 4.74 Å². The number of fused-ring (bicyclic) bond motifs is 1. The summed E-state index contributed by atoms with van der Waals surface area (Å²) in [4.78, 5) is 23.6. The summed E-state index contributed by atoms with van der Waals surface area (Å²) in [5, 5.41) is 0.986. The lowest BCUT2D eigenvalue weighted by Crippen LogP contribution is -1.94. The molecule has 0 atom stereocenters. The molecule has 0 fully saturated rings. The fourth-order valence-electron chi connectivity index (χ4n) is 3.04. The normalized spacial score (nSPS) is 10.8. The van der Waals surface area contributed by atoms with E-state index in [1.54, 1.807) is 25.7 Å². The van der Waals surface area contributed by atoms with Crippen LogP contribution in [-0.2, 0) is 0 Å². The van der Waals surface area contributed by atoms with Crippen LogP contribution in [-0.4, -0.2) is 27.8 Å². The largest absolute Gasteiger partial charge is 0.496 e. The summed E-state index contributed by atoms with van der Waals surface area (Å²) in [6, 6.07) is 11.8. The number of hydrogen-bond acceptors (Lipinski definition) is 4. The van der Waals surface area contributed by atoms with E-state index in [0.29, 0.717) is 5.56 Å². The third-order valence-corrected chi connectivity index (χ3v) is 4.41. The predicted octanol–water partition coefficient (Wildman–Crippen LogP) is 4.50.